The molecule has 0 aliphatic heterocycles. The molecule has 5 nitrogen and oxygen atoms in total. The van der Waals surface area contributed by atoms with Crippen molar-refractivity contribution in [3.8, 4) is 11.6 Å². The van der Waals surface area contributed by atoms with E-state index >= 15 is 0 Å². The van der Waals surface area contributed by atoms with E-state index in [4.69, 9.17) is 4.74 Å². The van der Waals surface area contributed by atoms with E-state index in [1.807, 2.05) is 19.9 Å². The Labute approximate surface area is 138 Å². The van der Waals surface area contributed by atoms with Gasteiger partial charge in [-0.1, -0.05) is 6.07 Å². The number of benzene rings is 1. The maximum Gasteiger partial charge on any atom is 0.387 e. The number of hydrogen-bond donors (Lipinski definition) is 1. The second-order valence-corrected chi connectivity index (χ2v) is 5.26. The quantitative estimate of drug-likeness (QED) is 0.842. The number of nitrogens with one attached hydrogen (secondary N) is 1. The van der Waals surface area contributed by atoms with Crippen LogP contribution in [-0.4, -0.2) is 23.6 Å². The molecule has 1 aromatic carbocycles. The number of carbonyl (C=O) groups is 1. The molecular formula is C17H18F2N2O3. The number of carbonyl (C=O) groups excluding carboxylic acids is 1. The predicted molar refractivity (Wildman–Crippen MR) is 84.2 cm³/mol. The second kappa shape index (κ2) is 8.24. The van der Waals surface area contributed by atoms with Crippen molar-refractivity contribution in [2.75, 3.05) is 0 Å². The topological polar surface area (TPSA) is 60.5 Å². The van der Waals surface area contributed by atoms with Gasteiger partial charge in [0.25, 0.3) is 5.91 Å². The number of ether oxygens (including phenoxy) is 2. The van der Waals surface area contributed by atoms with Crippen molar-refractivity contribution in [2.45, 2.75) is 33.1 Å². The van der Waals surface area contributed by atoms with E-state index in [-0.39, 0.29) is 17.8 Å². The minimum absolute atomic E-state index is 0.00601. The fraction of sp³-hybridized carbons (Fsp3) is 0.294. The van der Waals surface area contributed by atoms with E-state index in [1.54, 1.807) is 12.3 Å². The van der Waals surface area contributed by atoms with Crippen LogP contribution in [-0.2, 0) is 6.54 Å². The molecule has 0 bridgehead atoms. The zero-order valence-electron chi connectivity index (χ0n) is 13.3. The number of halogens is 2. The van der Waals surface area contributed by atoms with Crippen molar-refractivity contribution in [3.05, 3.63) is 53.7 Å². The molecule has 0 radical (unpaired) electrons. The summed E-state index contributed by atoms with van der Waals surface area (Å²) in [6.07, 6.45) is 1.66. The molecule has 24 heavy (non-hydrogen) atoms. The maximum atomic E-state index is 12.1. The van der Waals surface area contributed by atoms with E-state index in [9.17, 15) is 13.6 Å². The largest absolute Gasteiger partial charge is 0.475 e. The molecule has 0 fully saturated rings. The normalized spacial score (nSPS) is 10.8. The molecule has 1 N–H and O–H groups in total. The molecule has 0 saturated carbocycles. The molecule has 0 atom stereocenters. The summed E-state index contributed by atoms with van der Waals surface area (Å²) in [5.41, 5.74) is 1.17. The highest BCUT2D eigenvalue weighted by atomic mass is 19.3. The van der Waals surface area contributed by atoms with Gasteiger partial charge in [0.15, 0.2) is 0 Å². The Hall–Kier alpha value is -2.70. The van der Waals surface area contributed by atoms with Crippen molar-refractivity contribution in [2.24, 2.45) is 0 Å². The molecule has 0 aliphatic rings. The first-order valence-corrected chi connectivity index (χ1v) is 7.38. The lowest BCUT2D eigenvalue weighted by atomic mass is 10.2. The Kier molecular flexibility index (Phi) is 6.06. The lowest BCUT2D eigenvalue weighted by Crippen LogP contribution is -2.22. The molecule has 1 aromatic heterocycles. The van der Waals surface area contributed by atoms with Gasteiger partial charge < -0.3 is 14.8 Å². The smallest absolute Gasteiger partial charge is 0.387 e. The van der Waals surface area contributed by atoms with Crippen LogP contribution in [0.15, 0.2) is 42.6 Å². The van der Waals surface area contributed by atoms with E-state index in [1.165, 1.54) is 24.3 Å². The zero-order valence-corrected chi connectivity index (χ0v) is 13.3. The minimum atomic E-state index is -2.89. The van der Waals surface area contributed by atoms with Crippen molar-refractivity contribution < 1.29 is 23.0 Å². The molecule has 0 unspecified atom stereocenters. The van der Waals surface area contributed by atoms with Crippen molar-refractivity contribution in [1.82, 2.24) is 10.3 Å². The molecule has 7 heteroatoms. The molecule has 0 spiro atoms. The Morgan fingerprint density at radius 1 is 1.12 bits per heavy atom. The van der Waals surface area contributed by atoms with Crippen LogP contribution in [0.5, 0.6) is 11.6 Å². The van der Waals surface area contributed by atoms with Gasteiger partial charge in [0.1, 0.15) is 5.75 Å². The maximum absolute atomic E-state index is 12.1. The lowest BCUT2D eigenvalue weighted by Gasteiger charge is -2.09. The van der Waals surface area contributed by atoms with Crippen molar-refractivity contribution in [1.29, 1.82) is 0 Å². The van der Waals surface area contributed by atoms with Gasteiger partial charge in [-0.3, -0.25) is 4.79 Å². The second-order valence-electron chi connectivity index (χ2n) is 5.26. The van der Waals surface area contributed by atoms with E-state index in [2.05, 4.69) is 15.0 Å². The predicted octanol–water partition coefficient (Wildman–Crippen LogP) is 3.40. The first-order chi connectivity index (χ1) is 11.4. The van der Waals surface area contributed by atoms with E-state index in [0.29, 0.717) is 18.0 Å². The summed E-state index contributed by atoms with van der Waals surface area (Å²) in [7, 11) is 0. The summed E-state index contributed by atoms with van der Waals surface area (Å²) in [5.74, 6) is 0.210. The number of amides is 1. The molecular weight excluding hydrogens is 318 g/mol. The molecule has 2 aromatic rings. The zero-order chi connectivity index (χ0) is 17.5. The lowest BCUT2D eigenvalue weighted by molar-refractivity contribution is -0.0498. The Morgan fingerprint density at radius 3 is 2.38 bits per heavy atom. The summed E-state index contributed by atoms with van der Waals surface area (Å²) < 4.78 is 33.8. The Morgan fingerprint density at radius 2 is 1.83 bits per heavy atom. The summed E-state index contributed by atoms with van der Waals surface area (Å²) in [4.78, 5) is 16.2. The summed E-state index contributed by atoms with van der Waals surface area (Å²) in [6, 6.07) is 9.03. The van der Waals surface area contributed by atoms with Crippen LogP contribution in [0.25, 0.3) is 0 Å². The standard InChI is InChI=1S/C17H18F2N2O3/c1-11(2)23-15-8-3-12(9-20-15)10-21-16(22)13-4-6-14(7-5-13)24-17(18)19/h3-9,11,17H,10H2,1-2H3,(H,21,22). The fourth-order valence-corrected chi connectivity index (χ4v) is 1.90. The van der Waals surface area contributed by atoms with Crippen LogP contribution in [0, 0.1) is 0 Å². The number of rotatable bonds is 7. The van der Waals surface area contributed by atoms with E-state index in [0.717, 1.165) is 5.56 Å². The third-order valence-corrected chi connectivity index (χ3v) is 2.95. The fourth-order valence-electron chi connectivity index (χ4n) is 1.90. The van der Waals surface area contributed by atoms with Crippen LogP contribution in [0.3, 0.4) is 0 Å². The Bertz CT molecular complexity index is 659. The number of nitrogens with zero attached hydrogens (tertiary/aromatic N) is 1. The van der Waals surface area contributed by atoms with Gasteiger partial charge in [-0.15, -0.1) is 0 Å². The van der Waals surface area contributed by atoms with Crippen molar-refractivity contribution in [3.63, 3.8) is 0 Å². The van der Waals surface area contributed by atoms with Crippen LogP contribution in [0.4, 0.5) is 8.78 Å². The summed E-state index contributed by atoms with van der Waals surface area (Å²) in [6.45, 7) is 1.23. The molecule has 1 heterocycles. The van der Waals surface area contributed by atoms with Crippen LogP contribution >= 0.6 is 0 Å². The summed E-state index contributed by atoms with van der Waals surface area (Å²) >= 11 is 0. The van der Waals surface area contributed by atoms with Gasteiger partial charge >= 0.3 is 6.61 Å². The SMILES string of the molecule is CC(C)Oc1ccc(CNC(=O)c2ccc(OC(F)F)cc2)cn1. The van der Waals surface area contributed by atoms with Crippen LogP contribution < -0.4 is 14.8 Å². The number of hydrogen-bond acceptors (Lipinski definition) is 4. The molecule has 128 valence electrons. The monoisotopic (exact) mass is 336 g/mol. The van der Waals surface area contributed by atoms with Gasteiger partial charge in [0, 0.05) is 24.4 Å². The summed E-state index contributed by atoms with van der Waals surface area (Å²) in [5, 5.41) is 2.73. The highest BCUT2D eigenvalue weighted by Crippen LogP contribution is 2.15. The first kappa shape index (κ1) is 17.7. The van der Waals surface area contributed by atoms with E-state index < -0.39 is 6.61 Å². The van der Waals surface area contributed by atoms with Gasteiger partial charge in [-0.05, 0) is 43.7 Å². The number of aromatic nitrogens is 1. The average Bonchev–Trinajstić information content (AvgIpc) is 2.53. The highest BCUT2D eigenvalue weighted by Gasteiger charge is 2.08. The van der Waals surface area contributed by atoms with Gasteiger partial charge in [-0.2, -0.15) is 8.78 Å². The third-order valence-electron chi connectivity index (χ3n) is 2.95. The van der Waals surface area contributed by atoms with Crippen LogP contribution in [0.2, 0.25) is 0 Å². The van der Waals surface area contributed by atoms with Gasteiger partial charge in [0.2, 0.25) is 5.88 Å². The number of pyridine rings is 1. The molecule has 0 aliphatic carbocycles. The van der Waals surface area contributed by atoms with Crippen molar-refractivity contribution >= 4 is 5.91 Å². The molecule has 1 amide bonds. The van der Waals surface area contributed by atoms with Gasteiger partial charge in [-0.25, -0.2) is 4.98 Å². The highest BCUT2D eigenvalue weighted by molar-refractivity contribution is 5.94. The third kappa shape index (κ3) is 5.49. The van der Waals surface area contributed by atoms with Crippen LogP contribution in [0.1, 0.15) is 29.8 Å². The minimum Gasteiger partial charge on any atom is -0.475 e. The van der Waals surface area contributed by atoms with Gasteiger partial charge in [0.05, 0.1) is 6.10 Å². The first-order valence-electron chi connectivity index (χ1n) is 7.38. The molecule has 2 rings (SSSR count). The number of alkyl halides is 2. The Balaban J connectivity index is 1.88. The molecule has 0 saturated heterocycles. The average molecular weight is 336 g/mol.